The Hall–Kier alpha value is -1.62. The van der Waals surface area contributed by atoms with Crippen LogP contribution in [0.25, 0.3) is 0 Å². The van der Waals surface area contributed by atoms with E-state index in [1.165, 1.54) is 12.1 Å². The third-order valence-corrected chi connectivity index (χ3v) is 3.79. The van der Waals surface area contributed by atoms with Crippen molar-refractivity contribution in [3.8, 4) is 0 Å². The van der Waals surface area contributed by atoms with Crippen LogP contribution in [0.1, 0.15) is 37.8 Å². The molecule has 0 radical (unpaired) electrons. The fourth-order valence-electron chi connectivity index (χ4n) is 2.25. The van der Waals surface area contributed by atoms with Gasteiger partial charge in [-0.1, -0.05) is 17.3 Å². The molecule has 19 heavy (non-hydrogen) atoms. The van der Waals surface area contributed by atoms with Crippen molar-refractivity contribution in [2.45, 2.75) is 32.2 Å². The predicted octanol–water partition coefficient (Wildman–Crippen LogP) is 2.39. The summed E-state index contributed by atoms with van der Waals surface area (Å²) in [7, 11) is 0. The maximum Gasteiger partial charge on any atom is 0.139 e. The zero-order chi connectivity index (χ0) is 13.9. The first-order valence-corrected chi connectivity index (χ1v) is 6.50. The molecule has 1 aromatic rings. The molecule has 4 nitrogen and oxygen atoms in total. The van der Waals surface area contributed by atoms with Crippen molar-refractivity contribution in [1.82, 2.24) is 5.32 Å². The number of oxime groups is 1. The Bertz CT molecular complexity index is 454. The molecule has 0 aliphatic heterocycles. The van der Waals surface area contributed by atoms with Gasteiger partial charge in [0.05, 0.1) is 0 Å². The maximum atomic E-state index is 12.8. The molecule has 0 spiro atoms. The molecule has 1 aliphatic carbocycles. The Morgan fingerprint density at radius 3 is 2.63 bits per heavy atom. The molecule has 5 heteroatoms. The third-order valence-electron chi connectivity index (χ3n) is 3.79. The van der Waals surface area contributed by atoms with Crippen LogP contribution >= 0.6 is 0 Å². The molecular formula is C14H20FN3O. The first-order valence-electron chi connectivity index (χ1n) is 6.50. The van der Waals surface area contributed by atoms with Gasteiger partial charge in [-0.05, 0) is 42.9 Å². The molecule has 0 heterocycles. The second kappa shape index (κ2) is 5.57. The molecule has 4 N–H and O–H groups in total. The minimum Gasteiger partial charge on any atom is -0.409 e. The molecule has 1 aromatic carbocycles. The van der Waals surface area contributed by atoms with Crippen molar-refractivity contribution in [3.63, 3.8) is 0 Å². The largest absolute Gasteiger partial charge is 0.409 e. The molecule has 0 amide bonds. The standard InChI is InChI=1S/C14H20FN3O/c1-10(11-2-4-12(15)5-3-11)17-9-14(6-7-14)8-13(16)18-19/h2-5,10,17,19H,6-9H2,1H3,(H2,16,18)/t10-/m0/s1. The summed E-state index contributed by atoms with van der Waals surface area (Å²) in [6.07, 6.45) is 2.80. The van der Waals surface area contributed by atoms with Crippen LogP contribution in [0.2, 0.25) is 0 Å². The highest BCUT2D eigenvalue weighted by Crippen LogP contribution is 2.48. The molecule has 1 aliphatic rings. The fourth-order valence-corrected chi connectivity index (χ4v) is 2.25. The lowest BCUT2D eigenvalue weighted by Gasteiger charge is -2.20. The summed E-state index contributed by atoms with van der Waals surface area (Å²) in [5, 5.41) is 15.1. The second-order valence-corrected chi connectivity index (χ2v) is 5.42. The van der Waals surface area contributed by atoms with Crippen LogP contribution in [0.15, 0.2) is 29.4 Å². The van der Waals surface area contributed by atoms with E-state index in [1.807, 2.05) is 6.92 Å². The fraction of sp³-hybridized carbons (Fsp3) is 0.500. The van der Waals surface area contributed by atoms with Crippen molar-refractivity contribution in [2.24, 2.45) is 16.3 Å². The summed E-state index contributed by atoms with van der Waals surface area (Å²) in [6, 6.07) is 6.67. The minimum absolute atomic E-state index is 0.130. The highest BCUT2D eigenvalue weighted by atomic mass is 19.1. The number of rotatable bonds is 6. The summed E-state index contributed by atoms with van der Waals surface area (Å²) in [4.78, 5) is 0. The van der Waals surface area contributed by atoms with Crippen molar-refractivity contribution >= 4 is 5.84 Å². The van der Waals surface area contributed by atoms with E-state index in [2.05, 4.69) is 10.5 Å². The van der Waals surface area contributed by atoms with Crippen LogP contribution in [-0.2, 0) is 0 Å². The number of amidine groups is 1. The van der Waals surface area contributed by atoms with Crippen molar-refractivity contribution in [2.75, 3.05) is 6.54 Å². The molecule has 1 saturated carbocycles. The van der Waals surface area contributed by atoms with E-state index in [4.69, 9.17) is 10.9 Å². The van der Waals surface area contributed by atoms with E-state index in [0.29, 0.717) is 6.42 Å². The monoisotopic (exact) mass is 265 g/mol. The van der Waals surface area contributed by atoms with Gasteiger partial charge in [0, 0.05) is 19.0 Å². The van der Waals surface area contributed by atoms with Gasteiger partial charge < -0.3 is 16.3 Å². The molecule has 1 atom stereocenters. The van der Waals surface area contributed by atoms with E-state index < -0.39 is 0 Å². The Morgan fingerprint density at radius 2 is 2.11 bits per heavy atom. The van der Waals surface area contributed by atoms with E-state index in [9.17, 15) is 4.39 Å². The number of hydrogen-bond acceptors (Lipinski definition) is 3. The average molecular weight is 265 g/mol. The molecular weight excluding hydrogens is 245 g/mol. The van der Waals surface area contributed by atoms with Crippen LogP contribution in [-0.4, -0.2) is 17.6 Å². The number of nitrogens with one attached hydrogen (secondary N) is 1. The lowest BCUT2D eigenvalue weighted by molar-refractivity contribution is 0.313. The molecule has 0 aromatic heterocycles. The van der Waals surface area contributed by atoms with Crippen LogP contribution < -0.4 is 11.1 Å². The number of halogens is 1. The molecule has 104 valence electrons. The number of nitrogens with zero attached hydrogens (tertiary/aromatic N) is 1. The topological polar surface area (TPSA) is 70.6 Å². The summed E-state index contributed by atoms with van der Waals surface area (Å²) < 4.78 is 12.8. The first-order chi connectivity index (χ1) is 9.04. The van der Waals surface area contributed by atoms with Gasteiger partial charge in [-0.2, -0.15) is 0 Å². The van der Waals surface area contributed by atoms with Gasteiger partial charge in [0.1, 0.15) is 11.7 Å². The number of hydrogen-bond donors (Lipinski definition) is 3. The zero-order valence-electron chi connectivity index (χ0n) is 11.1. The summed E-state index contributed by atoms with van der Waals surface area (Å²) in [5.74, 6) is 0.0651. The Kier molecular flexibility index (Phi) is 4.04. The number of benzene rings is 1. The molecule has 0 saturated heterocycles. The average Bonchev–Trinajstić information content (AvgIpc) is 3.17. The van der Waals surface area contributed by atoms with Crippen LogP contribution in [0.5, 0.6) is 0 Å². The van der Waals surface area contributed by atoms with Gasteiger partial charge in [-0.25, -0.2) is 4.39 Å². The normalized spacial score (nSPS) is 19.2. The molecule has 2 rings (SSSR count). The van der Waals surface area contributed by atoms with Crippen LogP contribution in [0, 0.1) is 11.2 Å². The van der Waals surface area contributed by atoms with E-state index in [-0.39, 0.29) is 23.1 Å². The van der Waals surface area contributed by atoms with Gasteiger partial charge in [0.2, 0.25) is 0 Å². The molecule has 1 fully saturated rings. The molecule has 0 unspecified atom stereocenters. The Morgan fingerprint density at radius 1 is 1.47 bits per heavy atom. The Labute approximate surface area is 112 Å². The van der Waals surface area contributed by atoms with Gasteiger partial charge in [-0.15, -0.1) is 0 Å². The van der Waals surface area contributed by atoms with Crippen molar-refractivity contribution in [3.05, 3.63) is 35.6 Å². The summed E-state index contributed by atoms with van der Waals surface area (Å²) in [6.45, 7) is 2.87. The van der Waals surface area contributed by atoms with Crippen LogP contribution in [0.4, 0.5) is 4.39 Å². The van der Waals surface area contributed by atoms with Crippen LogP contribution in [0.3, 0.4) is 0 Å². The Balaban J connectivity index is 1.87. The second-order valence-electron chi connectivity index (χ2n) is 5.42. The van der Waals surface area contributed by atoms with E-state index >= 15 is 0 Å². The third kappa shape index (κ3) is 3.67. The highest BCUT2D eigenvalue weighted by molar-refractivity contribution is 5.80. The highest BCUT2D eigenvalue weighted by Gasteiger charge is 2.43. The van der Waals surface area contributed by atoms with Gasteiger partial charge >= 0.3 is 0 Å². The molecule has 0 bridgehead atoms. The predicted molar refractivity (Wildman–Crippen MR) is 72.5 cm³/mol. The van der Waals surface area contributed by atoms with Gasteiger partial charge in [0.15, 0.2) is 0 Å². The summed E-state index contributed by atoms with van der Waals surface area (Å²) >= 11 is 0. The summed E-state index contributed by atoms with van der Waals surface area (Å²) in [5.41, 5.74) is 6.75. The van der Waals surface area contributed by atoms with Crippen molar-refractivity contribution in [1.29, 1.82) is 0 Å². The zero-order valence-corrected chi connectivity index (χ0v) is 11.1. The lowest BCUT2D eigenvalue weighted by Crippen LogP contribution is -2.30. The lowest BCUT2D eigenvalue weighted by atomic mass is 10.0. The minimum atomic E-state index is -0.221. The maximum absolute atomic E-state index is 12.8. The smallest absolute Gasteiger partial charge is 0.139 e. The quantitative estimate of drug-likeness (QED) is 0.320. The first kappa shape index (κ1) is 13.8. The van der Waals surface area contributed by atoms with Crippen molar-refractivity contribution < 1.29 is 9.60 Å². The number of nitrogens with two attached hydrogens (primary N) is 1. The van der Waals surface area contributed by atoms with E-state index in [1.54, 1.807) is 12.1 Å². The van der Waals surface area contributed by atoms with Gasteiger partial charge in [0.25, 0.3) is 0 Å². The van der Waals surface area contributed by atoms with Gasteiger partial charge in [-0.3, -0.25) is 0 Å². The SMILES string of the molecule is C[C@H](NCC1(C/C(N)=N/O)CC1)c1ccc(F)cc1. The van der Waals surface area contributed by atoms with E-state index in [0.717, 1.165) is 24.9 Å².